The SMILES string of the molecule is CCOC(=O)c1nnc2c3c(C(F)(F)F)cc(-c4cccs4)nc3nn2c1-c1ccccc1. The summed E-state index contributed by atoms with van der Waals surface area (Å²) in [5.41, 5.74) is -0.565. The largest absolute Gasteiger partial charge is 0.461 e. The second-order valence-corrected chi connectivity index (χ2v) is 7.90. The van der Waals surface area contributed by atoms with Gasteiger partial charge in [-0.25, -0.2) is 14.3 Å². The van der Waals surface area contributed by atoms with Crippen LogP contribution in [0.3, 0.4) is 0 Å². The number of nitrogens with zero attached hydrogens (tertiary/aromatic N) is 5. The van der Waals surface area contributed by atoms with Gasteiger partial charge in [0.1, 0.15) is 5.69 Å². The van der Waals surface area contributed by atoms with Crippen LogP contribution in [0.4, 0.5) is 13.2 Å². The lowest BCUT2D eigenvalue weighted by atomic mass is 10.1. The van der Waals surface area contributed by atoms with Crippen molar-refractivity contribution < 1.29 is 22.7 Å². The van der Waals surface area contributed by atoms with Gasteiger partial charge in [-0.1, -0.05) is 36.4 Å². The average Bonchev–Trinajstić information content (AvgIpc) is 3.45. The molecule has 166 valence electrons. The number of fused-ring (bicyclic) bond motifs is 3. The Bertz CT molecular complexity index is 1480. The van der Waals surface area contributed by atoms with Gasteiger partial charge < -0.3 is 4.74 Å². The van der Waals surface area contributed by atoms with E-state index in [1.165, 1.54) is 15.9 Å². The molecule has 0 aliphatic carbocycles. The van der Waals surface area contributed by atoms with Crippen LogP contribution in [0.1, 0.15) is 23.0 Å². The molecule has 0 atom stereocenters. The Hall–Kier alpha value is -3.86. The van der Waals surface area contributed by atoms with E-state index >= 15 is 0 Å². The number of carbonyl (C=O) groups is 1. The van der Waals surface area contributed by atoms with Gasteiger partial charge in [-0.15, -0.1) is 26.6 Å². The van der Waals surface area contributed by atoms with Crippen LogP contribution in [-0.2, 0) is 10.9 Å². The van der Waals surface area contributed by atoms with Crippen molar-refractivity contribution in [2.24, 2.45) is 0 Å². The number of esters is 1. The molecule has 11 heteroatoms. The topological polar surface area (TPSA) is 82.3 Å². The zero-order valence-electron chi connectivity index (χ0n) is 17.0. The number of pyridine rings is 1. The van der Waals surface area contributed by atoms with Crippen LogP contribution >= 0.6 is 11.3 Å². The number of hydrogen-bond donors (Lipinski definition) is 0. The number of benzene rings is 1. The number of carbonyl (C=O) groups excluding carboxylic acids is 1. The van der Waals surface area contributed by atoms with Crippen LogP contribution in [0.2, 0.25) is 0 Å². The summed E-state index contributed by atoms with van der Waals surface area (Å²) in [6.45, 7) is 1.73. The molecular formula is C22H14F3N5O2S. The van der Waals surface area contributed by atoms with Gasteiger partial charge in [0.05, 0.1) is 28.1 Å². The van der Waals surface area contributed by atoms with Crippen molar-refractivity contribution in [2.45, 2.75) is 13.1 Å². The van der Waals surface area contributed by atoms with Crippen molar-refractivity contribution >= 4 is 34.0 Å². The lowest BCUT2D eigenvalue weighted by Crippen LogP contribution is -2.14. The minimum atomic E-state index is -4.69. The van der Waals surface area contributed by atoms with E-state index in [9.17, 15) is 18.0 Å². The summed E-state index contributed by atoms with van der Waals surface area (Å²) in [5, 5.41) is 13.7. The molecule has 33 heavy (non-hydrogen) atoms. The lowest BCUT2D eigenvalue weighted by Gasteiger charge is -2.10. The number of alkyl halides is 3. The van der Waals surface area contributed by atoms with Gasteiger partial charge in [-0.3, -0.25) is 0 Å². The molecule has 0 fully saturated rings. The number of thiophene rings is 1. The molecule has 0 N–H and O–H groups in total. The highest BCUT2D eigenvalue weighted by molar-refractivity contribution is 7.13. The van der Waals surface area contributed by atoms with Gasteiger partial charge in [0, 0.05) is 5.56 Å². The molecule has 0 bridgehead atoms. The van der Waals surface area contributed by atoms with Gasteiger partial charge in [0.15, 0.2) is 17.0 Å². The van der Waals surface area contributed by atoms with Crippen LogP contribution < -0.4 is 0 Å². The summed E-state index contributed by atoms with van der Waals surface area (Å²) < 4.78 is 48.5. The second-order valence-electron chi connectivity index (χ2n) is 6.95. The zero-order chi connectivity index (χ0) is 23.2. The molecule has 7 nitrogen and oxygen atoms in total. The van der Waals surface area contributed by atoms with Gasteiger partial charge in [0.2, 0.25) is 0 Å². The minimum absolute atomic E-state index is 0.0951. The summed E-state index contributed by atoms with van der Waals surface area (Å²) in [7, 11) is 0. The van der Waals surface area contributed by atoms with Gasteiger partial charge in [-0.05, 0) is 24.4 Å². The number of rotatable bonds is 4. The van der Waals surface area contributed by atoms with E-state index in [1.54, 1.807) is 54.8 Å². The molecule has 0 radical (unpaired) electrons. The predicted molar refractivity (Wildman–Crippen MR) is 116 cm³/mol. The van der Waals surface area contributed by atoms with Crippen molar-refractivity contribution in [1.82, 2.24) is 24.8 Å². The molecule has 0 unspecified atom stereocenters. The molecule has 5 aromatic rings. The maximum absolute atomic E-state index is 14.1. The fourth-order valence-corrected chi connectivity index (χ4v) is 4.22. The standard InChI is InChI=1S/C22H14F3N5O2S/c1-2-32-21(31)17-18(12-7-4-3-5-8-12)30-20(28-27-17)16-13(22(23,24)25)11-14(26-19(16)29-30)15-9-6-10-33-15/h3-11H,2H2,1H3. The number of halogens is 3. The quantitative estimate of drug-likeness (QED) is 0.334. The van der Waals surface area contributed by atoms with Gasteiger partial charge >= 0.3 is 12.1 Å². The van der Waals surface area contributed by atoms with Crippen LogP contribution in [-0.4, -0.2) is 37.4 Å². The van der Waals surface area contributed by atoms with E-state index in [-0.39, 0.29) is 40.4 Å². The van der Waals surface area contributed by atoms with E-state index in [2.05, 4.69) is 20.3 Å². The van der Waals surface area contributed by atoms with Crippen LogP contribution in [0.15, 0.2) is 53.9 Å². The summed E-state index contributed by atoms with van der Waals surface area (Å²) in [6.07, 6.45) is -4.69. The molecule has 1 aromatic carbocycles. The summed E-state index contributed by atoms with van der Waals surface area (Å²) in [5.74, 6) is -0.756. The average molecular weight is 469 g/mol. The maximum Gasteiger partial charge on any atom is 0.417 e. The molecule has 4 heterocycles. The summed E-state index contributed by atoms with van der Waals surface area (Å²) in [4.78, 5) is 17.5. The second kappa shape index (κ2) is 7.93. The monoisotopic (exact) mass is 469 g/mol. The third kappa shape index (κ3) is 3.59. The highest BCUT2D eigenvalue weighted by Gasteiger charge is 2.36. The Morgan fingerprint density at radius 3 is 2.58 bits per heavy atom. The number of hydrogen-bond acceptors (Lipinski definition) is 7. The molecule has 0 spiro atoms. The van der Waals surface area contributed by atoms with Crippen LogP contribution in [0.25, 0.3) is 38.5 Å². The highest BCUT2D eigenvalue weighted by Crippen LogP contribution is 2.39. The van der Waals surface area contributed by atoms with Crippen molar-refractivity contribution in [3.8, 4) is 21.8 Å². The van der Waals surface area contributed by atoms with Gasteiger partial charge in [-0.2, -0.15) is 13.2 Å². The van der Waals surface area contributed by atoms with E-state index < -0.39 is 17.7 Å². The van der Waals surface area contributed by atoms with Crippen molar-refractivity contribution in [2.75, 3.05) is 6.61 Å². The molecule has 4 aromatic heterocycles. The van der Waals surface area contributed by atoms with Crippen LogP contribution in [0, 0.1) is 0 Å². The first kappa shape index (κ1) is 21.0. The third-order valence-corrected chi connectivity index (χ3v) is 5.79. The summed E-state index contributed by atoms with van der Waals surface area (Å²) >= 11 is 1.27. The molecule has 0 aliphatic rings. The molecule has 0 saturated heterocycles. The maximum atomic E-state index is 14.1. The molecule has 0 aliphatic heterocycles. The van der Waals surface area contributed by atoms with Crippen molar-refractivity contribution in [1.29, 1.82) is 0 Å². The fraction of sp³-hybridized carbons (Fsp3) is 0.136. The Morgan fingerprint density at radius 1 is 1.12 bits per heavy atom. The Balaban J connectivity index is 1.90. The predicted octanol–water partition coefficient (Wildman–Crippen LogP) is 5.26. The van der Waals surface area contributed by atoms with Crippen molar-refractivity contribution in [3.05, 3.63) is 65.2 Å². The lowest BCUT2D eigenvalue weighted by molar-refractivity contribution is -0.136. The fourth-order valence-electron chi connectivity index (χ4n) is 3.53. The Morgan fingerprint density at radius 2 is 1.91 bits per heavy atom. The molecule has 0 saturated carbocycles. The normalized spacial score (nSPS) is 11.9. The first-order valence-corrected chi connectivity index (χ1v) is 10.7. The Labute approximate surface area is 188 Å². The van der Waals surface area contributed by atoms with E-state index in [4.69, 9.17) is 4.74 Å². The Kier molecular flexibility index (Phi) is 5.05. The van der Waals surface area contributed by atoms with Gasteiger partial charge in [0.25, 0.3) is 0 Å². The smallest absolute Gasteiger partial charge is 0.417 e. The van der Waals surface area contributed by atoms with E-state index in [0.29, 0.717) is 10.4 Å². The number of ether oxygens (including phenoxy) is 1. The molecular weight excluding hydrogens is 455 g/mol. The van der Waals surface area contributed by atoms with Crippen LogP contribution in [0.5, 0.6) is 0 Å². The first-order valence-electron chi connectivity index (χ1n) is 9.82. The van der Waals surface area contributed by atoms with Crippen molar-refractivity contribution in [3.63, 3.8) is 0 Å². The molecule has 5 rings (SSSR count). The highest BCUT2D eigenvalue weighted by atomic mass is 32.1. The number of aromatic nitrogens is 5. The zero-order valence-corrected chi connectivity index (χ0v) is 17.8. The molecule has 0 amide bonds. The minimum Gasteiger partial charge on any atom is -0.461 e. The summed E-state index contributed by atoms with van der Waals surface area (Å²) in [6, 6.07) is 13.0. The van der Waals surface area contributed by atoms with E-state index in [1.807, 2.05) is 0 Å². The van der Waals surface area contributed by atoms with E-state index in [0.717, 1.165) is 6.07 Å². The first-order chi connectivity index (χ1) is 15.9. The third-order valence-electron chi connectivity index (χ3n) is 4.90.